The molecule has 2 rings (SSSR count). The maximum absolute atomic E-state index is 13.9. The van der Waals surface area contributed by atoms with Crippen LogP contribution in [0.4, 0.5) is 14.7 Å². The van der Waals surface area contributed by atoms with Gasteiger partial charge < -0.3 is 11.1 Å². The average molecular weight is 330 g/mol. The number of anilines is 1. The van der Waals surface area contributed by atoms with E-state index in [1.54, 1.807) is 0 Å². The maximum atomic E-state index is 13.9. The number of carbonyl (C=O) groups excluding carboxylic acids is 1. The molecule has 2 aromatic rings. The average Bonchev–Trinajstić information content (AvgIpc) is 2.81. The van der Waals surface area contributed by atoms with Gasteiger partial charge in [-0.1, -0.05) is 17.7 Å². The Labute approximate surface area is 130 Å². The van der Waals surface area contributed by atoms with Crippen LogP contribution < -0.4 is 11.1 Å². The number of carbonyl (C=O) groups is 1. The number of fused-ring (bicyclic) bond motifs is 1. The fourth-order valence-corrected chi connectivity index (χ4v) is 2.02. The van der Waals surface area contributed by atoms with Gasteiger partial charge in [0.1, 0.15) is 6.04 Å². The monoisotopic (exact) mass is 329 g/mol. The molecule has 0 spiro atoms. The molecule has 0 bridgehead atoms. The van der Waals surface area contributed by atoms with Gasteiger partial charge in [-0.2, -0.15) is 4.98 Å². The Morgan fingerprint density at radius 2 is 2.36 bits per heavy atom. The van der Waals surface area contributed by atoms with Crippen molar-refractivity contribution >= 4 is 29.1 Å². The molecule has 6 nitrogen and oxygen atoms in total. The van der Waals surface area contributed by atoms with E-state index in [4.69, 9.17) is 17.3 Å². The molecular formula is C13H14ClF2N5O. The number of halogens is 3. The predicted octanol–water partition coefficient (Wildman–Crippen LogP) is 2.34. The molecule has 2 aromatic heterocycles. The van der Waals surface area contributed by atoms with Gasteiger partial charge in [0, 0.05) is 18.2 Å². The number of hydrogen-bond acceptors (Lipinski definition) is 4. The van der Waals surface area contributed by atoms with Gasteiger partial charge in [-0.05, 0) is 13.0 Å². The number of nitrogens with one attached hydrogen (secondary N) is 1. The third-order valence-electron chi connectivity index (χ3n) is 2.98. The first-order valence-electron chi connectivity index (χ1n) is 6.35. The summed E-state index contributed by atoms with van der Waals surface area (Å²) in [6.45, 7) is 4.83. The van der Waals surface area contributed by atoms with Gasteiger partial charge in [0.2, 0.25) is 11.9 Å². The van der Waals surface area contributed by atoms with E-state index in [0.717, 1.165) is 22.9 Å². The molecular weight excluding hydrogens is 316 g/mol. The highest BCUT2D eigenvalue weighted by Crippen LogP contribution is 2.34. The van der Waals surface area contributed by atoms with Gasteiger partial charge >= 0.3 is 0 Å². The number of primary amides is 1. The number of rotatable bonds is 6. The second-order valence-electron chi connectivity index (χ2n) is 4.75. The minimum Gasteiger partial charge on any atom is -0.368 e. The first-order valence-corrected chi connectivity index (χ1v) is 6.73. The molecule has 3 N–H and O–H groups in total. The molecule has 0 aliphatic heterocycles. The summed E-state index contributed by atoms with van der Waals surface area (Å²) in [5.74, 6) is -3.64. The van der Waals surface area contributed by atoms with Gasteiger partial charge in [0.15, 0.2) is 5.65 Å². The zero-order valence-corrected chi connectivity index (χ0v) is 12.4. The van der Waals surface area contributed by atoms with Crippen molar-refractivity contribution < 1.29 is 13.6 Å². The summed E-state index contributed by atoms with van der Waals surface area (Å²) in [6, 6.07) is 0.425. The van der Waals surface area contributed by atoms with Crippen LogP contribution in [0.25, 0.3) is 5.65 Å². The summed E-state index contributed by atoms with van der Waals surface area (Å²) in [5.41, 5.74) is 5.02. The van der Waals surface area contributed by atoms with E-state index < -0.39 is 24.3 Å². The Kier molecular flexibility index (Phi) is 4.32. The molecule has 0 saturated heterocycles. The molecule has 1 unspecified atom stereocenters. The molecule has 0 aromatic carbocycles. The topological polar surface area (TPSA) is 85.3 Å². The fraction of sp³-hybridized carbons (Fsp3) is 0.308. The van der Waals surface area contributed by atoms with Crippen molar-refractivity contribution in [3.8, 4) is 0 Å². The first kappa shape index (κ1) is 16.2. The number of nitrogens with two attached hydrogens (primary N) is 1. The second-order valence-corrected chi connectivity index (χ2v) is 5.15. The number of nitrogens with zero attached hydrogens (tertiary/aromatic N) is 3. The number of aromatic nitrogens is 3. The first-order chi connectivity index (χ1) is 10.2. The molecule has 0 fully saturated rings. The van der Waals surface area contributed by atoms with Crippen molar-refractivity contribution in [3.63, 3.8) is 0 Å². The summed E-state index contributed by atoms with van der Waals surface area (Å²) >= 11 is 5.98. The Hall–Kier alpha value is -2.22. The fourth-order valence-electron chi connectivity index (χ4n) is 1.77. The van der Waals surface area contributed by atoms with Crippen molar-refractivity contribution in [2.45, 2.75) is 25.3 Å². The van der Waals surface area contributed by atoms with E-state index in [1.807, 2.05) is 0 Å². The van der Waals surface area contributed by atoms with Crippen LogP contribution in [-0.2, 0) is 10.7 Å². The van der Waals surface area contributed by atoms with Crippen LogP contribution in [-0.4, -0.2) is 26.5 Å². The summed E-state index contributed by atoms with van der Waals surface area (Å²) < 4.78 is 29.0. The van der Waals surface area contributed by atoms with Crippen LogP contribution in [0.5, 0.6) is 0 Å². The Morgan fingerprint density at radius 1 is 1.68 bits per heavy atom. The lowest BCUT2D eigenvalue weighted by atomic mass is 10.1. The normalized spacial score (nSPS) is 13.1. The van der Waals surface area contributed by atoms with Gasteiger partial charge in [-0.25, -0.2) is 13.3 Å². The Morgan fingerprint density at radius 3 is 2.95 bits per heavy atom. The van der Waals surface area contributed by atoms with E-state index in [1.165, 1.54) is 6.92 Å². The number of allylic oxidation sites excluding steroid dienone is 1. The lowest BCUT2D eigenvalue weighted by Crippen LogP contribution is -2.32. The minimum atomic E-state index is -3.11. The van der Waals surface area contributed by atoms with E-state index >= 15 is 0 Å². The standard InChI is InChI=1S/C13H14ClF2N5O/c1-3-4-13(15,16)8-5-9(14)11-19-12(20-21(11)6-8)18-7(2)10(17)22/h3,5-7H,1,4H2,2H3,(H2,17,22)(H,18,20). The summed E-state index contributed by atoms with van der Waals surface area (Å²) in [6.07, 6.45) is 1.74. The Balaban J connectivity index is 2.43. The van der Waals surface area contributed by atoms with E-state index in [9.17, 15) is 13.6 Å². The summed E-state index contributed by atoms with van der Waals surface area (Å²) in [7, 11) is 0. The van der Waals surface area contributed by atoms with Crippen LogP contribution in [0.1, 0.15) is 18.9 Å². The molecule has 118 valence electrons. The molecule has 0 aliphatic rings. The lowest BCUT2D eigenvalue weighted by molar-refractivity contribution is -0.118. The largest absolute Gasteiger partial charge is 0.368 e. The quantitative estimate of drug-likeness (QED) is 0.796. The number of amides is 1. The molecule has 1 atom stereocenters. The summed E-state index contributed by atoms with van der Waals surface area (Å²) in [4.78, 5) is 15.0. The van der Waals surface area contributed by atoms with Crippen LogP contribution >= 0.6 is 11.6 Å². The SMILES string of the molecule is C=CCC(F)(F)c1cc(Cl)c2nc(NC(C)C(N)=O)nn2c1. The van der Waals surface area contributed by atoms with Crippen molar-refractivity contribution in [2.75, 3.05) is 5.32 Å². The highest BCUT2D eigenvalue weighted by atomic mass is 35.5. The lowest BCUT2D eigenvalue weighted by Gasteiger charge is -2.14. The van der Waals surface area contributed by atoms with Gasteiger partial charge in [-0.3, -0.25) is 4.79 Å². The van der Waals surface area contributed by atoms with E-state index in [0.29, 0.717) is 0 Å². The van der Waals surface area contributed by atoms with Crippen molar-refractivity contribution in [3.05, 3.63) is 35.5 Å². The number of alkyl halides is 2. The molecule has 9 heteroatoms. The minimum absolute atomic E-state index is 0.0218. The van der Waals surface area contributed by atoms with Crippen molar-refractivity contribution in [1.29, 1.82) is 0 Å². The van der Waals surface area contributed by atoms with Crippen LogP contribution in [0.3, 0.4) is 0 Å². The third-order valence-corrected chi connectivity index (χ3v) is 3.26. The molecule has 22 heavy (non-hydrogen) atoms. The second kappa shape index (κ2) is 5.88. The zero-order chi connectivity index (χ0) is 16.5. The predicted molar refractivity (Wildman–Crippen MR) is 79.0 cm³/mol. The Bertz CT molecular complexity index is 731. The summed E-state index contributed by atoms with van der Waals surface area (Å²) in [5, 5.41) is 6.66. The van der Waals surface area contributed by atoms with E-state index in [2.05, 4.69) is 22.0 Å². The maximum Gasteiger partial charge on any atom is 0.278 e. The van der Waals surface area contributed by atoms with Crippen LogP contribution in [0.2, 0.25) is 5.02 Å². The van der Waals surface area contributed by atoms with Crippen molar-refractivity contribution in [1.82, 2.24) is 14.6 Å². The van der Waals surface area contributed by atoms with Crippen molar-refractivity contribution in [2.24, 2.45) is 5.73 Å². The van der Waals surface area contributed by atoms with Gasteiger partial charge in [0.05, 0.1) is 5.02 Å². The molecule has 0 aliphatic carbocycles. The van der Waals surface area contributed by atoms with Gasteiger partial charge in [-0.15, -0.1) is 11.7 Å². The zero-order valence-electron chi connectivity index (χ0n) is 11.7. The molecule has 0 radical (unpaired) electrons. The number of hydrogen-bond donors (Lipinski definition) is 2. The van der Waals surface area contributed by atoms with Crippen LogP contribution in [0.15, 0.2) is 24.9 Å². The molecule has 2 heterocycles. The van der Waals surface area contributed by atoms with Gasteiger partial charge in [0.25, 0.3) is 5.92 Å². The number of pyridine rings is 1. The molecule has 1 amide bonds. The highest BCUT2D eigenvalue weighted by molar-refractivity contribution is 6.33. The highest BCUT2D eigenvalue weighted by Gasteiger charge is 2.31. The van der Waals surface area contributed by atoms with Crippen LogP contribution in [0, 0.1) is 0 Å². The smallest absolute Gasteiger partial charge is 0.278 e. The third kappa shape index (κ3) is 3.16. The van der Waals surface area contributed by atoms with E-state index in [-0.39, 0.29) is 22.2 Å². The molecule has 0 saturated carbocycles.